The van der Waals surface area contributed by atoms with Crippen molar-refractivity contribution >= 4 is 15.9 Å². The molecule has 1 heterocycles. The first-order valence-corrected chi connectivity index (χ1v) is 6.68. The van der Waals surface area contributed by atoms with Crippen molar-refractivity contribution in [3.8, 4) is 5.75 Å². The van der Waals surface area contributed by atoms with Crippen LogP contribution in [0.2, 0.25) is 0 Å². The minimum atomic E-state index is -0.0623. The molecule has 0 bridgehead atoms. The first-order chi connectivity index (χ1) is 8.48. The molecule has 2 rings (SSSR count). The smallest absolute Gasteiger partial charge is 0.172 e. The molecule has 0 saturated heterocycles. The summed E-state index contributed by atoms with van der Waals surface area (Å²) in [5.74, 6) is 0.772. The molecule has 0 radical (unpaired) electrons. The molecule has 18 heavy (non-hydrogen) atoms. The standard InChI is InChI=1S/C14H17BrN2O/c1-14(2,3)17-13(15)12(9-16-17)18-10-11-7-5-4-6-8-11/h4-9H,10H2,1-3H3. The zero-order valence-corrected chi connectivity index (χ0v) is 12.4. The number of ether oxygens (including phenoxy) is 1. The van der Waals surface area contributed by atoms with E-state index >= 15 is 0 Å². The number of hydrogen-bond donors (Lipinski definition) is 0. The van der Waals surface area contributed by atoms with Gasteiger partial charge in [-0.05, 0) is 42.3 Å². The number of halogens is 1. The SMILES string of the molecule is CC(C)(C)n1ncc(OCc2ccccc2)c1Br. The largest absolute Gasteiger partial charge is 0.484 e. The monoisotopic (exact) mass is 308 g/mol. The van der Waals surface area contributed by atoms with Crippen LogP contribution >= 0.6 is 15.9 Å². The van der Waals surface area contributed by atoms with Crippen molar-refractivity contribution < 1.29 is 4.74 Å². The topological polar surface area (TPSA) is 27.1 Å². The van der Waals surface area contributed by atoms with Crippen LogP contribution in [0.5, 0.6) is 5.75 Å². The van der Waals surface area contributed by atoms with Crippen molar-refractivity contribution in [2.45, 2.75) is 32.9 Å². The summed E-state index contributed by atoms with van der Waals surface area (Å²) in [5, 5.41) is 4.34. The van der Waals surface area contributed by atoms with Gasteiger partial charge in [-0.3, -0.25) is 0 Å². The van der Waals surface area contributed by atoms with Gasteiger partial charge in [0.05, 0.1) is 11.7 Å². The first kappa shape index (κ1) is 13.1. The van der Waals surface area contributed by atoms with Crippen LogP contribution in [0.1, 0.15) is 26.3 Å². The molecule has 0 unspecified atom stereocenters. The molecule has 0 aliphatic rings. The van der Waals surface area contributed by atoms with Crippen LogP contribution in [-0.4, -0.2) is 9.78 Å². The van der Waals surface area contributed by atoms with Gasteiger partial charge >= 0.3 is 0 Å². The van der Waals surface area contributed by atoms with E-state index < -0.39 is 0 Å². The van der Waals surface area contributed by atoms with Gasteiger partial charge in [0.25, 0.3) is 0 Å². The molecule has 2 aromatic rings. The van der Waals surface area contributed by atoms with Crippen LogP contribution in [0, 0.1) is 0 Å². The van der Waals surface area contributed by atoms with Gasteiger partial charge in [-0.2, -0.15) is 5.10 Å². The molecule has 0 fully saturated rings. The van der Waals surface area contributed by atoms with Crippen LogP contribution in [-0.2, 0) is 12.1 Å². The van der Waals surface area contributed by atoms with Crippen molar-refractivity contribution in [3.05, 3.63) is 46.7 Å². The Bertz CT molecular complexity index is 514. The van der Waals surface area contributed by atoms with Gasteiger partial charge in [0.2, 0.25) is 0 Å². The van der Waals surface area contributed by atoms with Crippen molar-refractivity contribution in [3.63, 3.8) is 0 Å². The number of rotatable bonds is 3. The molecule has 0 N–H and O–H groups in total. The van der Waals surface area contributed by atoms with Crippen molar-refractivity contribution in [2.24, 2.45) is 0 Å². The number of benzene rings is 1. The lowest BCUT2D eigenvalue weighted by Gasteiger charge is -2.20. The Morgan fingerprint density at radius 1 is 1.22 bits per heavy atom. The highest BCUT2D eigenvalue weighted by Crippen LogP contribution is 2.29. The van der Waals surface area contributed by atoms with E-state index in [-0.39, 0.29) is 5.54 Å². The fraction of sp³-hybridized carbons (Fsp3) is 0.357. The molecule has 96 valence electrons. The lowest BCUT2D eigenvalue weighted by atomic mass is 10.1. The summed E-state index contributed by atoms with van der Waals surface area (Å²) < 4.78 is 8.56. The van der Waals surface area contributed by atoms with Crippen molar-refractivity contribution in [2.75, 3.05) is 0 Å². The molecule has 1 aromatic carbocycles. The molecule has 4 heteroatoms. The molecule has 0 spiro atoms. The van der Waals surface area contributed by atoms with E-state index in [0.717, 1.165) is 15.9 Å². The molecule has 0 aliphatic heterocycles. The van der Waals surface area contributed by atoms with E-state index in [1.807, 2.05) is 35.0 Å². The molecule has 3 nitrogen and oxygen atoms in total. The summed E-state index contributed by atoms with van der Waals surface area (Å²) in [7, 11) is 0. The highest BCUT2D eigenvalue weighted by Gasteiger charge is 2.20. The second kappa shape index (κ2) is 5.14. The third-order valence-corrected chi connectivity index (χ3v) is 3.28. The fourth-order valence-electron chi connectivity index (χ4n) is 1.62. The third-order valence-electron chi connectivity index (χ3n) is 2.55. The minimum absolute atomic E-state index is 0.0623. The molecule has 0 saturated carbocycles. The van der Waals surface area contributed by atoms with Crippen LogP contribution in [0.4, 0.5) is 0 Å². The van der Waals surface area contributed by atoms with E-state index in [9.17, 15) is 0 Å². The normalized spacial score (nSPS) is 11.6. The predicted octanol–water partition coefficient (Wildman–Crippen LogP) is 3.98. The maximum Gasteiger partial charge on any atom is 0.172 e. The minimum Gasteiger partial charge on any atom is -0.484 e. The molecule has 1 aromatic heterocycles. The van der Waals surface area contributed by atoms with Crippen LogP contribution in [0.15, 0.2) is 41.1 Å². The lowest BCUT2D eigenvalue weighted by Crippen LogP contribution is -2.23. The molecular weight excluding hydrogens is 292 g/mol. The predicted molar refractivity (Wildman–Crippen MR) is 75.7 cm³/mol. The summed E-state index contributed by atoms with van der Waals surface area (Å²) in [5.41, 5.74) is 1.08. The van der Waals surface area contributed by atoms with Crippen LogP contribution in [0.3, 0.4) is 0 Å². The van der Waals surface area contributed by atoms with Crippen LogP contribution < -0.4 is 4.74 Å². The number of aromatic nitrogens is 2. The van der Waals surface area contributed by atoms with Crippen LogP contribution in [0.25, 0.3) is 0 Å². The maximum atomic E-state index is 5.77. The second-order valence-electron chi connectivity index (χ2n) is 5.16. The molecule has 0 atom stereocenters. The third kappa shape index (κ3) is 2.93. The number of hydrogen-bond acceptors (Lipinski definition) is 2. The van der Waals surface area contributed by atoms with E-state index in [0.29, 0.717) is 6.61 Å². The summed E-state index contributed by atoms with van der Waals surface area (Å²) in [4.78, 5) is 0. The Morgan fingerprint density at radius 3 is 2.44 bits per heavy atom. The molecule has 0 amide bonds. The van der Waals surface area contributed by atoms with Crippen molar-refractivity contribution in [1.82, 2.24) is 9.78 Å². The van der Waals surface area contributed by atoms with Gasteiger partial charge in [0.15, 0.2) is 5.75 Å². The number of nitrogens with zero attached hydrogens (tertiary/aromatic N) is 2. The Hall–Kier alpha value is -1.29. The highest BCUT2D eigenvalue weighted by molar-refractivity contribution is 9.10. The quantitative estimate of drug-likeness (QED) is 0.857. The lowest BCUT2D eigenvalue weighted by molar-refractivity contribution is 0.298. The Morgan fingerprint density at radius 2 is 1.89 bits per heavy atom. The Kier molecular flexibility index (Phi) is 3.76. The van der Waals surface area contributed by atoms with Gasteiger partial charge in [0.1, 0.15) is 11.2 Å². The Labute approximate surface area is 116 Å². The summed E-state index contributed by atoms with van der Waals surface area (Å²) in [6, 6.07) is 10.1. The van der Waals surface area contributed by atoms with E-state index in [1.165, 1.54) is 0 Å². The van der Waals surface area contributed by atoms with Gasteiger partial charge in [0, 0.05) is 0 Å². The fourth-order valence-corrected chi connectivity index (χ4v) is 2.46. The maximum absolute atomic E-state index is 5.77. The molecular formula is C14H17BrN2O. The van der Waals surface area contributed by atoms with E-state index in [1.54, 1.807) is 6.20 Å². The van der Waals surface area contributed by atoms with Gasteiger partial charge in [-0.15, -0.1) is 0 Å². The van der Waals surface area contributed by atoms with Gasteiger partial charge in [-0.25, -0.2) is 4.68 Å². The van der Waals surface area contributed by atoms with Gasteiger partial charge < -0.3 is 4.74 Å². The zero-order chi connectivity index (χ0) is 13.2. The zero-order valence-electron chi connectivity index (χ0n) is 10.9. The van der Waals surface area contributed by atoms with E-state index in [4.69, 9.17) is 4.74 Å². The summed E-state index contributed by atoms with van der Waals surface area (Å²) in [6.45, 7) is 6.86. The van der Waals surface area contributed by atoms with Gasteiger partial charge in [-0.1, -0.05) is 30.3 Å². The highest BCUT2D eigenvalue weighted by atomic mass is 79.9. The average molecular weight is 309 g/mol. The van der Waals surface area contributed by atoms with Crippen molar-refractivity contribution in [1.29, 1.82) is 0 Å². The summed E-state index contributed by atoms with van der Waals surface area (Å²) in [6.07, 6.45) is 1.75. The average Bonchev–Trinajstić information content (AvgIpc) is 2.69. The first-order valence-electron chi connectivity index (χ1n) is 5.89. The van der Waals surface area contributed by atoms with E-state index in [2.05, 4.69) is 41.8 Å². The second-order valence-corrected chi connectivity index (χ2v) is 5.91. The Balaban J connectivity index is 2.10. The molecule has 0 aliphatic carbocycles. The summed E-state index contributed by atoms with van der Waals surface area (Å²) >= 11 is 3.54.